The van der Waals surface area contributed by atoms with Crippen LogP contribution in [0.5, 0.6) is 0 Å². The lowest BCUT2D eigenvalue weighted by Crippen LogP contribution is -2.33. The smallest absolute Gasteiger partial charge is 0.248 e. The summed E-state index contributed by atoms with van der Waals surface area (Å²) in [5.74, 6) is -0.583. The highest BCUT2D eigenvalue weighted by atomic mass is 19.1. The highest BCUT2D eigenvalue weighted by Gasteiger charge is 2.22. The van der Waals surface area contributed by atoms with Crippen molar-refractivity contribution in [1.29, 1.82) is 0 Å². The summed E-state index contributed by atoms with van der Waals surface area (Å²) in [5, 5.41) is 2.94. The number of nitrogens with one attached hydrogen (secondary N) is 2. The quantitative estimate of drug-likeness (QED) is 0.913. The molecule has 0 radical (unpaired) electrons. The number of hydrogen-bond acceptors (Lipinski definition) is 2. The Hall–Kier alpha value is -2.43. The van der Waals surface area contributed by atoms with Gasteiger partial charge in [0, 0.05) is 11.8 Å². The van der Waals surface area contributed by atoms with Gasteiger partial charge in [0.05, 0.1) is 12.5 Å². The SMILES string of the molecule is O=C(Cc1ccccc1F)NC1CCCc2[nH]c(=O)ccc21. The molecule has 22 heavy (non-hydrogen) atoms. The molecule has 1 aromatic heterocycles. The van der Waals surface area contributed by atoms with E-state index in [0.717, 1.165) is 30.5 Å². The zero-order valence-corrected chi connectivity index (χ0v) is 12.1. The first-order chi connectivity index (χ1) is 10.6. The second-order valence-electron chi connectivity index (χ2n) is 5.54. The van der Waals surface area contributed by atoms with Gasteiger partial charge in [-0.15, -0.1) is 0 Å². The molecule has 4 nitrogen and oxygen atoms in total. The third-order valence-corrected chi connectivity index (χ3v) is 3.98. The number of amides is 1. The molecule has 1 unspecified atom stereocenters. The molecule has 1 atom stereocenters. The van der Waals surface area contributed by atoms with Crippen LogP contribution in [0.25, 0.3) is 0 Å². The number of aryl methyl sites for hydroxylation is 1. The van der Waals surface area contributed by atoms with E-state index in [4.69, 9.17) is 0 Å². The predicted molar refractivity (Wildman–Crippen MR) is 81.0 cm³/mol. The van der Waals surface area contributed by atoms with Gasteiger partial charge in [-0.2, -0.15) is 0 Å². The zero-order chi connectivity index (χ0) is 15.5. The van der Waals surface area contributed by atoms with E-state index >= 15 is 0 Å². The van der Waals surface area contributed by atoms with Crippen molar-refractivity contribution in [3.63, 3.8) is 0 Å². The van der Waals surface area contributed by atoms with Crippen molar-refractivity contribution in [3.8, 4) is 0 Å². The van der Waals surface area contributed by atoms with Crippen LogP contribution in [0.3, 0.4) is 0 Å². The lowest BCUT2D eigenvalue weighted by molar-refractivity contribution is -0.121. The molecule has 114 valence electrons. The standard InChI is InChI=1S/C17H17FN2O2/c18-13-5-2-1-4-11(13)10-17(22)20-15-7-3-6-14-12(15)8-9-16(21)19-14/h1-2,4-5,8-9,15H,3,6-7,10H2,(H,19,21)(H,20,22). The van der Waals surface area contributed by atoms with Gasteiger partial charge < -0.3 is 10.3 Å². The van der Waals surface area contributed by atoms with Crippen LogP contribution in [-0.4, -0.2) is 10.9 Å². The minimum atomic E-state index is -0.369. The van der Waals surface area contributed by atoms with Crippen molar-refractivity contribution in [2.24, 2.45) is 0 Å². The predicted octanol–water partition coefficient (Wildman–Crippen LogP) is 2.25. The van der Waals surface area contributed by atoms with Crippen LogP contribution < -0.4 is 10.9 Å². The number of benzene rings is 1. The molecule has 0 fully saturated rings. The average molecular weight is 300 g/mol. The number of carbonyl (C=O) groups is 1. The van der Waals surface area contributed by atoms with E-state index in [1.807, 2.05) is 0 Å². The first kappa shape index (κ1) is 14.5. The topological polar surface area (TPSA) is 62.0 Å². The molecule has 0 saturated heterocycles. The summed E-state index contributed by atoms with van der Waals surface area (Å²) in [7, 11) is 0. The van der Waals surface area contributed by atoms with Gasteiger partial charge in [0.2, 0.25) is 11.5 Å². The van der Waals surface area contributed by atoms with Crippen molar-refractivity contribution in [2.75, 3.05) is 0 Å². The van der Waals surface area contributed by atoms with Gasteiger partial charge in [-0.3, -0.25) is 9.59 Å². The molecular weight excluding hydrogens is 283 g/mol. The van der Waals surface area contributed by atoms with Crippen LogP contribution in [0.1, 0.15) is 35.7 Å². The van der Waals surface area contributed by atoms with Gasteiger partial charge in [0.25, 0.3) is 0 Å². The van der Waals surface area contributed by atoms with Gasteiger partial charge in [-0.25, -0.2) is 4.39 Å². The summed E-state index contributed by atoms with van der Waals surface area (Å²) in [6.07, 6.45) is 2.55. The second kappa shape index (κ2) is 6.13. The van der Waals surface area contributed by atoms with Gasteiger partial charge in [-0.05, 0) is 42.5 Å². The molecule has 1 aliphatic carbocycles. The molecular formula is C17H17FN2O2. The maximum atomic E-state index is 13.6. The van der Waals surface area contributed by atoms with E-state index in [0.29, 0.717) is 5.56 Å². The minimum absolute atomic E-state index is 0.0157. The Morgan fingerprint density at radius 3 is 2.91 bits per heavy atom. The fraction of sp³-hybridized carbons (Fsp3) is 0.294. The number of carbonyl (C=O) groups excluding carboxylic acids is 1. The van der Waals surface area contributed by atoms with Gasteiger partial charge in [0.15, 0.2) is 0 Å². The molecule has 3 rings (SSSR count). The Bertz CT molecular complexity index is 754. The first-order valence-electron chi connectivity index (χ1n) is 7.38. The number of halogens is 1. The Kier molecular flexibility index (Phi) is 4.04. The lowest BCUT2D eigenvalue weighted by atomic mass is 9.91. The third kappa shape index (κ3) is 3.08. The van der Waals surface area contributed by atoms with Crippen molar-refractivity contribution >= 4 is 5.91 Å². The maximum Gasteiger partial charge on any atom is 0.248 e. The van der Waals surface area contributed by atoms with Crippen LogP contribution >= 0.6 is 0 Å². The van der Waals surface area contributed by atoms with E-state index in [-0.39, 0.29) is 29.7 Å². The molecule has 0 saturated carbocycles. The van der Waals surface area contributed by atoms with E-state index in [1.165, 1.54) is 12.1 Å². The molecule has 2 aromatic rings. The van der Waals surface area contributed by atoms with Crippen LogP contribution in [0, 0.1) is 5.82 Å². The van der Waals surface area contributed by atoms with Crippen LogP contribution in [0.4, 0.5) is 4.39 Å². The Balaban J connectivity index is 1.73. The molecule has 0 spiro atoms. The largest absolute Gasteiger partial charge is 0.349 e. The molecule has 0 aliphatic heterocycles. The number of rotatable bonds is 3. The highest BCUT2D eigenvalue weighted by molar-refractivity contribution is 5.79. The third-order valence-electron chi connectivity index (χ3n) is 3.98. The first-order valence-corrected chi connectivity index (χ1v) is 7.38. The van der Waals surface area contributed by atoms with E-state index < -0.39 is 0 Å². The summed E-state index contributed by atoms with van der Waals surface area (Å²) < 4.78 is 13.6. The van der Waals surface area contributed by atoms with Crippen LogP contribution in [-0.2, 0) is 17.6 Å². The number of aromatic amines is 1. The Labute approximate surface area is 127 Å². The number of H-pyrrole nitrogens is 1. The van der Waals surface area contributed by atoms with E-state index in [1.54, 1.807) is 24.3 Å². The van der Waals surface area contributed by atoms with Crippen LogP contribution in [0.15, 0.2) is 41.2 Å². The van der Waals surface area contributed by atoms with Crippen LogP contribution in [0.2, 0.25) is 0 Å². The normalized spacial score (nSPS) is 16.9. The summed E-state index contributed by atoms with van der Waals surface area (Å²) in [6.45, 7) is 0. The van der Waals surface area contributed by atoms with Gasteiger partial charge >= 0.3 is 0 Å². The average Bonchev–Trinajstić information content (AvgIpc) is 2.49. The van der Waals surface area contributed by atoms with Crippen molar-refractivity contribution in [3.05, 3.63) is 69.4 Å². The molecule has 5 heteroatoms. The Morgan fingerprint density at radius 1 is 1.27 bits per heavy atom. The monoisotopic (exact) mass is 300 g/mol. The fourth-order valence-corrected chi connectivity index (χ4v) is 2.91. The summed E-state index contributed by atoms with van der Waals surface area (Å²) in [4.78, 5) is 26.3. The minimum Gasteiger partial charge on any atom is -0.349 e. The number of fused-ring (bicyclic) bond motifs is 1. The summed E-state index contributed by atoms with van der Waals surface area (Å²) in [5.41, 5.74) is 2.09. The number of pyridine rings is 1. The molecule has 1 aromatic carbocycles. The number of aromatic nitrogens is 1. The second-order valence-corrected chi connectivity index (χ2v) is 5.54. The zero-order valence-electron chi connectivity index (χ0n) is 12.1. The molecule has 2 N–H and O–H groups in total. The molecule has 0 bridgehead atoms. The van der Waals surface area contributed by atoms with Crippen molar-refractivity contribution in [1.82, 2.24) is 10.3 Å². The Morgan fingerprint density at radius 2 is 2.09 bits per heavy atom. The van der Waals surface area contributed by atoms with E-state index in [9.17, 15) is 14.0 Å². The fourth-order valence-electron chi connectivity index (χ4n) is 2.91. The van der Waals surface area contributed by atoms with Crippen molar-refractivity contribution < 1.29 is 9.18 Å². The lowest BCUT2D eigenvalue weighted by Gasteiger charge is -2.26. The van der Waals surface area contributed by atoms with Gasteiger partial charge in [0.1, 0.15) is 5.82 Å². The number of hydrogen-bond donors (Lipinski definition) is 2. The molecule has 1 heterocycles. The maximum absolute atomic E-state index is 13.6. The highest BCUT2D eigenvalue weighted by Crippen LogP contribution is 2.27. The van der Waals surface area contributed by atoms with Gasteiger partial charge in [-0.1, -0.05) is 18.2 Å². The van der Waals surface area contributed by atoms with Crippen molar-refractivity contribution in [2.45, 2.75) is 31.7 Å². The summed E-state index contributed by atoms with van der Waals surface area (Å²) in [6, 6.07) is 9.39. The molecule has 1 amide bonds. The van der Waals surface area contributed by atoms with E-state index in [2.05, 4.69) is 10.3 Å². The summed E-state index contributed by atoms with van der Waals surface area (Å²) >= 11 is 0. The molecule has 1 aliphatic rings.